The van der Waals surface area contributed by atoms with Crippen molar-refractivity contribution in [1.82, 2.24) is 20.2 Å². The maximum atomic E-state index is 6.25. The molecule has 5 nitrogen and oxygen atoms in total. The number of aromatic nitrogens is 4. The molecule has 1 fully saturated rings. The number of nitrogens with zero attached hydrogens (tertiary/aromatic N) is 4. The van der Waals surface area contributed by atoms with Crippen LogP contribution in [0, 0.1) is 5.92 Å². The number of halogens is 2. The van der Waals surface area contributed by atoms with Crippen LogP contribution in [0.1, 0.15) is 32.2 Å². The molecule has 1 saturated carbocycles. The zero-order chi connectivity index (χ0) is 14.3. The van der Waals surface area contributed by atoms with Crippen LogP contribution in [0.4, 0.5) is 5.69 Å². The Labute approximate surface area is 127 Å². The van der Waals surface area contributed by atoms with E-state index in [9.17, 15) is 0 Å². The van der Waals surface area contributed by atoms with E-state index in [0.717, 1.165) is 6.42 Å². The van der Waals surface area contributed by atoms with Crippen LogP contribution in [0.15, 0.2) is 12.1 Å². The molecule has 0 spiro atoms. The molecule has 20 heavy (non-hydrogen) atoms. The number of rotatable bonds is 4. The largest absolute Gasteiger partial charge is 0.399 e. The van der Waals surface area contributed by atoms with E-state index in [-0.39, 0.29) is 0 Å². The summed E-state index contributed by atoms with van der Waals surface area (Å²) < 4.78 is 1.84. The molecule has 2 aromatic rings. The predicted octanol–water partition coefficient (Wildman–Crippen LogP) is 3.59. The highest BCUT2D eigenvalue weighted by atomic mass is 35.5. The minimum Gasteiger partial charge on any atom is -0.399 e. The maximum Gasteiger partial charge on any atom is 0.183 e. The van der Waals surface area contributed by atoms with E-state index in [1.54, 1.807) is 12.1 Å². The Balaban J connectivity index is 1.99. The molecule has 0 radical (unpaired) electrons. The van der Waals surface area contributed by atoms with E-state index in [4.69, 9.17) is 28.9 Å². The topological polar surface area (TPSA) is 69.6 Å². The number of hydrogen-bond donors (Lipinski definition) is 1. The summed E-state index contributed by atoms with van der Waals surface area (Å²) in [5.41, 5.74) is 7.06. The Morgan fingerprint density at radius 3 is 2.95 bits per heavy atom. The van der Waals surface area contributed by atoms with Gasteiger partial charge in [0.05, 0.1) is 16.1 Å². The normalized spacial score (nSPS) is 21.1. The number of nitrogens with two attached hydrogens (primary N) is 1. The van der Waals surface area contributed by atoms with Gasteiger partial charge in [0.15, 0.2) is 5.82 Å². The first-order chi connectivity index (χ1) is 9.61. The first-order valence-electron chi connectivity index (χ1n) is 6.64. The van der Waals surface area contributed by atoms with Crippen LogP contribution in [0.5, 0.6) is 0 Å². The van der Waals surface area contributed by atoms with Gasteiger partial charge in [0, 0.05) is 11.3 Å². The van der Waals surface area contributed by atoms with Gasteiger partial charge in [-0.1, -0.05) is 36.5 Å². The quantitative estimate of drug-likeness (QED) is 0.876. The van der Waals surface area contributed by atoms with E-state index in [2.05, 4.69) is 22.4 Å². The van der Waals surface area contributed by atoms with Crippen LogP contribution < -0.4 is 5.73 Å². The van der Waals surface area contributed by atoms with E-state index in [1.165, 1.54) is 12.8 Å². The first kappa shape index (κ1) is 13.6. The highest BCUT2D eigenvalue weighted by Crippen LogP contribution is 2.48. The van der Waals surface area contributed by atoms with E-state index < -0.39 is 0 Å². The highest BCUT2D eigenvalue weighted by molar-refractivity contribution is 6.43. The van der Waals surface area contributed by atoms with Crippen LogP contribution in [0.3, 0.4) is 0 Å². The molecule has 0 saturated heterocycles. The summed E-state index contributed by atoms with van der Waals surface area (Å²) in [6.07, 6.45) is 3.47. The Hall–Kier alpha value is -1.33. The fourth-order valence-electron chi connectivity index (χ4n) is 2.58. The molecule has 1 aliphatic rings. The molecule has 1 heterocycles. The fraction of sp³-hybridized carbons (Fsp3) is 0.462. The Bertz CT molecular complexity index is 640. The highest BCUT2D eigenvalue weighted by Gasteiger charge is 2.40. The molecule has 1 aromatic carbocycles. The van der Waals surface area contributed by atoms with Gasteiger partial charge in [-0.2, -0.15) is 0 Å². The molecular weight excluding hydrogens is 297 g/mol. The number of benzene rings is 1. The lowest BCUT2D eigenvalue weighted by Gasteiger charge is -2.08. The number of hydrogen-bond acceptors (Lipinski definition) is 4. The molecule has 106 valence electrons. The van der Waals surface area contributed by atoms with Gasteiger partial charge >= 0.3 is 0 Å². The zero-order valence-corrected chi connectivity index (χ0v) is 12.6. The number of tetrazole rings is 1. The van der Waals surface area contributed by atoms with Crippen molar-refractivity contribution in [2.45, 2.75) is 32.2 Å². The Morgan fingerprint density at radius 2 is 2.20 bits per heavy atom. The molecule has 2 atom stereocenters. The molecule has 0 amide bonds. The lowest BCUT2D eigenvalue weighted by molar-refractivity contribution is 0.548. The van der Waals surface area contributed by atoms with Gasteiger partial charge in [-0.3, -0.25) is 0 Å². The molecule has 1 aromatic heterocycles. The van der Waals surface area contributed by atoms with Gasteiger partial charge < -0.3 is 5.73 Å². The molecule has 0 bridgehead atoms. The van der Waals surface area contributed by atoms with Gasteiger partial charge in [0.25, 0.3) is 0 Å². The Kier molecular flexibility index (Phi) is 3.56. The number of anilines is 1. The monoisotopic (exact) mass is 311 g/mol. The summed E-state index contributed by atoms with van der Waals surface area (Å²) in [5.74, 6) is 1.28. The fourth-order valence-corrected chi connectivity index (χ4v) is 3.00. The van der Waals surface area contributed by atoms with Crippen molar-refractivity contribution in [1.29, 1.82) is 0 Å². The molecule has 2 N–H and O–H groups in total. The molecule has 2 unspecified atom stereocenters. The van der Waals surface area contributed by atoms with Crippen molar-refractivity contribution in [3.8, 4) is 11.4 Å². The van der Waals surface area contributed by atoms with Crippen LogP contribution in [-0.2, 0) is 0 Å². The van der Waals surface area contributed by atoms with Crippen LogP contribution >= 0.6 is 23.2 Å². The van der Waals surface area contributed by atoms with Crippen molar-refractivity contribution < 1.29 is 0 Å². The second kappa shape index (κ2) is 5.22. The second-order valence-corrected chi connectivity index (χ2v) is 5.95. The van der Waals surface area contributed by atoms with Gasteiger partial charge in [0.1, 0.15) is 0 Å². The van der Waals surface area contributed by atoms with Crippen molar-refractivity contribution in [3.63, 3.8) is 0 Å². The smallest absolute Gasteiger partial charge is 0.183 e. The summed E-state index contributed by atoms with van der Waals surface area (Å²) in [6.45, 7) is 2.18. The van der Waals surface area contributed by atoms with Crippen LogP contribution in [-0.4, -0.2) is 20.2 Å². The van der Waals surface area contributed by atoms with Gasteiger partial charge in [0.2, 0.25) is 0 Å². The predicted molar refractivity (Wildman–Crippen MR) is 79.7 cm³/mol. The standard InChI is InChI=1S/C13H15Cl2N5/c1-2-3-7-4-11(7)20-13(17-18-19-20)9-5-8(16)6-10(14)12(9)15/h5-7,11H,2-4,16H2,1H3. The third-order valence-corrected chi connectivity index (χ3v) is 4.45. The average molecular weight is 312 g/mol. The summed E-state index contributed by atoms with van der Waals surface area (Å²) in [5, 5.41) is 12.8. The van der Waals surface area contributed by atoms with Crippen molar-refractivity contribution in [3.05, 3.63) is 22.2 Å². The third kappa shape index (κ3) is 2.36. The molecule has 3 rings (SSSR count). The van der Waals surface area contributed by atoms with Gasteiger partial charge in [-0.15, -0.1) is 5.10 Å². The van der Waals surface area contributed by atoms with Crippen LogP contribution in [0.2, 0.25) is 10.0 Å². The molecular formula is C13H15Cl2N5. The number of nitrogen functional groups attached to an aromatic ring is 1. The van der Waals surface area contributed by atoms with Crippen LogP contribution in [0.25, 0.3) is 11.4 Å². The lowest BCUT2D eigenvalue weighted by atomic mass is 10.2. The van der Waals surface area contributed by atoms with E-state index in [0.29, 0.717) is 39.1 Å². The second-order valence-electron chi connectivity index (χ2n) is 5.16. The zero-order valence-electron chi connectivity index (χ0n) is 11.1. The minimum absolute atomic E-state index is 0.358. The van der Waals surface area contributed by atoms with E-state index in [1.807, 2.05) is 4.68 Å². The summed E-state index contributed by atoms with van der Waals surface area (Å²) in [4.78, 5) is 0. The molecule has 7 heteroatoms. The van der Waals surface area contributed by atoms with Crippen molar-refractivity contribution in [2.75, 3.05) is 5.73 Å². The van der Waals surface area contributed by atoms with Gasteiger partial charge in [-0.25, -0.2) is 4.68 Å². The molecule has 1 aliphatic carbocycles. The minimum atomic E-state index is 0.358. The maximum absolute atomic E-state index is 6.25. The van der Waals surface area contributed by atoms with E-state index >= 15 is 0 Å². The summed E-state index contributed by atoms with van der Waals surface area (Å²) >= 11 is 12.3. The SMILES string of the molecule is CCCC1CC1n1nnnc1-c1cc(N)cc(Cl)c1Cl. The summed E-state index contributed by atoms with van der Waals surface area (Å²) in [6, 6.07) is 3.74. The summed E-state index contributed by atoms with van der Waals surface area (Å²) in [7, 11) is 0. The Morgan fingerprint density at radius 1 is 1.40 bits per heavy atom. The third-order valence-electron chi connectivity index (χ3n) is 3.64. The van der Waals surface area contributed by atoms with Crippen molar-refractivity contribution >= 4 is 28.9 Å². The average Bonchev–Trinajstić information content (AvgIpc) is 3.00. The van der Waals surface area contributed by atoms with Gasteiger partial charge in [-0.05, 0) is 41.3 Å². The molecule has 0 aliphatic heterocycles. The van der Waals surface area contributed by atoms with Crippen molar-refractivity contribution in [2.24, 2.45) is 5.92 Å². The lowest BCUT2D eigenvalue weighted by Crippen LogP contribution is -2.03. The first-order valence-corrected chi connectivity index (χ1v) is 7.40.